The van der Waals surface area contributed by atoms with Gasteiger partial charge in [0.15, 0.2) is 0 Å². The first kappa shape index (κ1) is 13.5. The first-order chi connectivity index (χ1) is 9.24. The van der Waals surface area contributed by atoms with Gasteiger partial charge >= 0.3 is 0 Å². The monoisotopic (exact) mass is 277 g/mol. The van der Waals surface area contributed by atoms with Gasteiger partial charge in [-0.05, 0) is 43.2 Å². The van der Waals surface area contributed by atoms with Crippen LogP contribution in [0.2, 0.25) is 0 Å². The van der Waals surface area contributed by atoms with Gasteiger partial charge in [-0.25, -0.2) is 0 Å². The molecule has 0 aromatic heterocycles. The second-order valence-corrected chi connectivity index (χ2v) is 7.04. The lowest BCUT2D eigenvalue weighted by Crippen LogP contribution is -2.40. The Morgan fingerprint density at radius 2 is 1.89 bits per heavy atom. The summed E-state index contributed by atoms with van der Waals surface area (Å²) in [6.45, 7) is 2.35. The summed E-state index contributed by atoms with van der Waals surface area (Å²) < 4.78 is 0. The van der Waals surface area contributed by atoms with Crippen LogP contribution >= 0.6 is 11.8 Å². The number of benzene rings is 1. The van der Waals surface area contributed by atoms with Gasteiger partial charge in [0, 0.05) is 22.7 Å². The molecule has 1 heterocycles. The van der Waals surface area contributed by atoms with Crippen LogP contribution in [-0.2, 0) is 0 Å². The van der Waals surface area contributed by atoms with E-state index in [4.69, 9.17) is 0 Å². The number of thioether (sulfide) groups is 1. The topological polar surface area (TPSA) is 32.3 Å². The summed E-state index contributed by atoms with van der Waals surface area (Å²) in [4.78, 5) is 1.44. The Balaban J connectivity index is 1.73. The fraction of sp³-hybridized carbons (Fsp3) is 0.625. The minimum Gasteiger partial charge on any atom is -0.393 e. The van der Waals surface area contributed by atoms with Crippen LogP contribution in [-0.4, -0.2) is 23.0 Å². The van der Waals surface area contributed by atoms with E-state index in [0.29, 0.717) is 18.0 Å². The summed E-state index contributed by atoms with van der Waals surface area (Å²) in [5.41, 5.74) is 1.47. The highest BCUT2D eigenvalue weighted by Gasteiger charge is 2.29. The Hall–Kier alpha value is -0.510. The lowest BCUT2D eigenvalue weighted by Gasteiger charge is -2.36. The standard InChI is InChI=1S/C16H23NOS/c1-11-10-19-15-5-3-2-4-14(15)16(11)17-12-6-8-13(18)9-7-12/h2-5,11-13,16-18H,6-10H2,1H3. The molecule has 0 saturated heterocycles. The first-order valence-electron chi connectivity index (χ1n) is 7.40. The van der Waals surface area contributed by atoms with Gasteiger partial charge in [-0.3, -0.25) is 0 Å². The average molecular weight is 277 g/mol. The van der Waals surface area contributed by atoms with Gasteiger partial charge in [-0.15, -0.1) is 11.8 Å². The lowest BCUT2D eigenvalue weighted by molar-refractivity contribution is 0.112. The first-order valence-corrected chi connectivity index (χ1v) is 8.38. The molecule has 2 unspecified atom stereocenters. The van der Waals surface area contributed by atoms with Crippen molar-refractivity contribution in [2.24, 2.45) is 5.92 Å². The van der Waals surface area contributed by atoms with Crippen molar-refractivity contribution in [1.29, 1.82) is 0 Å². The van der Waals surface area contributed by atoms with Crippen LogP contribution in [0.1, 0.15) is 44.2 Å². The summed E-state index contributed by atoms with van der Waals surface area (Å²) in [7, 11) is 0. The van der Waals surface area contributed by atoms with E-state index in [9.17, 15) is 5.11 Å². The predicted molar refractivity (Wildman–Crippen MR) is 80.5 cm³/mol. The van der Waals surface area contributed by atoms with Crippen LogP contribution in [0, 0.1) is 5.92 Å². The molecule has 2 atom stereocenters. The van der Waals surface area contributed by atoms with Crippen molar-refractivity contribution in [3.63, 3.8) is 0 Å². The van der Waals surface area contributed by atoms with Crippen molar-refractivity contribution in [3.05, 3.63) is 29.8 Å². The maximum Gasteiger partial charge on any atom is 0.0541 e. The molecule has 2 N–H and O–H groups in total. The van der Waals surface area contributed by atoms with Crippen molar-refractivity contribution in [2.45, 2.75) is 55.7 Å². The van der Waals surface area contributed by atoms with Gasteiger partial charge in [0.25, 0.3) is 0 Å². The molecular weight excluding hydrogens is 254 g/mol. The molecular formula is C16H23NOS. The summed E-state index contributed by atoms with van der Waals surface area (Å²) in [6.07, 6.45) is 4.06. The Morgan fingerprint density at radius 1 is 1.16 bits per heavy atom. The lowest BCUT2D eigenvalue weighted by atomic mass is 9.89. The van der Waals surface area contributed by atoms with E-state index in [1.54, 1.807) is 0 Å². The van der Waals surface area contributed by atoms with E-state index in [1.165, 1.54) is 16.2 Å². The molecule has 3 heteroatoms. The Labute approximate surface area is 120 Å². The number of aliphatic hydroxyl groups excluding tert-OH is 1. The van der Waals surface area contributed by atoms with Gasteiger partial charge in [-0.2, -0.15) is 0 Å². The van der Waals surface area contributed by atoms with Crippen molar-refractivity contribution in [3.8, 4) is 0 Å². The molecule has 1 fully saturated rings. The molecule has 104 valence electrons. The van der Waals surface area contributed by atoms with Gasteiger partial charge in [0.2, 0.25) is 0 Å². The van der Waals surface area contributed by atoms with Crippen LogP contribution < -0.4 is 5.32 Å². The molecule has 0 amide bonds. The minimum atomic E-state index is -0.0651. The fourth-order valence-electron chi connectivity index (χ4n) is 3.24. The zero-order chi connectivity index (χ0) is 13.2. The molecule has 1 aromatic rings. The molecule has 3 rings (SSSR count). The van der Waals surface area contributed by atoms with Crippen molar-refractivity contribution < 1.29 is 5.11 Å². The quantitative estimate of drug-likeness (QED) is 0.869. The third-order valence-corrected chi connectivity index (χ3v) is 5.81. The van der Waals surface area contributed by atoms with E-state index in [1.807, 2.05) is 11.8 Å². The van der Waals surface area contributed by atoms with Crippen LogP contribution in [0.3, 0.4) is 0 Å². The van der Waals surface area contributed by atoms with Gasteiger partial charge < -0.3 is 10.4 Å². The van der Waals surface area contributed by atoms with Crippen molar-refractivity contribution in [2.75, 3.05) is 5.75 Å². The summed E-state index contributed by atoms with van der Waals surface area (Å²) in [5, 5.41) is 13.5. The van der Waals surface area contributed by atoms with E-state index < -0.39 is 0 Å². The maximum atomic E-state index is 9.61. The Morgan fingerprint density at radius 3 is 2.68 bits per heavy atom. The highest BCUT2D eigenvalue weighted by molar-refractivity contribution is 7.99. The van der Waals surface area contributed by atoms with E-state index in [2.05, 4.69) is 36.5 Å². The number of fused-ring (bicyclic) bond motifs is 1. The molecule has 0 bridgehead atoms. The normalized spacial score (nSPS) is 34.8. The highest BCUT2D eigenvalue weighted by atomic mass is 32.2. The summed E-state index contributed by atoms with van der Waals surface area (Å²) in [6, 6.07) is 9.86. The molecule has 2 nitrogen and oxygen atoms in total. The predicted octanol–water partition coefficient (Wildman–Crippen LogP) is 3.36. The van der Waals surface area contributed by atoms with Crippen LogP contribution in [0.25, 0.3) is 0 Å². The second kappa shape index (κ2) is 5.86. The average Bonchev–Trinajstić information content (AvgIpc) is 2.44. The van der Waals surface area contributed by atoms with Crippen molar-refractivity contribution in [1.82, 2.24) is 5.32 Å². The number of hydrogen-bond donors (Lipinski definition) is 2. The van der Waals surface area contributed by atoms with Crippen LogP contribution in [0.15, 0.2) is 29.2 Å². The molecule has 1 saturated carbocycles. The van der Waals surface area contributed by atoms with E-state index >= 15 is 0 Å². The third-order valence-electron chi connectivity index (χ3n) is 4.44. The van der Waals surface area contributed by atoms with Crippen LogP contribution in [0.4, 0.5) is 0 Å². The fourth-order valence-corrected chi connectivity index (χ4v) is 4.41. The second-order valence-electron chi connectivity index (χ2n) is 5.98. The number of aliphatic hydroxyl groups is 1. The number of hydrogen-bond acceptors (Lipinski definition) is 3. The zero-order valence-electron chi connectivity index (χ0n) is 11.5. The Kier molecular flexibility index (Phi) is 4.15. The highest BCUT2D eigenvalue weighted by Crippen LogP contribution is 2.40. The summed E-state index contributed by atoms with van der Waals surface area (Å²) in [5.74, 6) is 1.87. The minimum absolute atomic E-state index is 0.0651. The molecule has 0 radical (unpaired) electrons. The molecule has 19 heavy (non-hydrogen) atoms. The van der Waals surface area contributed by atoms with Gasteiger partial charge in [-0.1, -0.05) is 25.1 Å². The maximum absolute atomic E-state index is 9.61. The molecule has 0 spiro atoms. The van der Waals surface area contributed by atoms with Crippen LogP contribution in [0.5, 0.6) is 0 Å². The number of rotatable bonds is 2. The summed E-state index contributed by atoms with van der Waals surface area (Å²) >= 11 is 1.98. The molecule has 1 aromatic carbocycles. The largest absolute Gasteiger partial charge is 0.393 e. The molecule has 2 aliphatic rings. The van der Waals surface area contributed by atoms with E-state index in [-0.39, 0.29) is 6.10 Å². The molecule has 1 aliphatic carbocycles. The Bertz CT molecular complexity index is 429. The zero-order valence-corrected chi connectivity index (χ0v) is 12.3. The van der Waals surface area contributed by atoms with Gasteiger partial charge in [0.05, 0.1) is 6.10 Å². The SMILES string of the molecule is CC1CSc2ccccc2C1NC1CCC(O)CC1. The smallest absolute Gasteiger partial charge is 0.0541 e. The van der Waals surface area contributed by atoms with Gasteiger partial charge in [0.1, 0.15) is 0 Å². The van der Waals surface area contributed by atoms with E-state index in [0.717, 1.165) is 25.7 Å². The van der Waals surface area contributed by atoms with Crippen molar-refractivity contribution >= 4 is 11.8 Å². The third kappa shape index (κ3) is 2.99. The number of nitrogens with one attached hydrogen (secondary N) is 1. The molecule has 1 aliphatic heterocycles.